The minimum Gasteiger partial charge on any atom is -0.507 e. The summed E-state index contributed by atoms with van der Waals surface area (Å²) in [6.45, 7) is 4.59. The predicted octanol–water partition coefficient (Wildman–Crippen LogP) is 1.89. The minimum absolute atomic E-state index is 0.0257. The molecule has 0 unspecified atom stereocenters. The Hall–Kier alpha value is -2.10. The first-order valence-corrected chi connectivity index (χ1v) is 5.80. The smallest absolute Gasteiger partial charge is 0.154 e. The molecular formula is C14H18N2O2. The van der Waals surface area contributed by atoms with Crippen LogP contribution in [0.5, 0.6) is 5.75 Å². The van der Waals surface area contributed by atoms with E-state index in [9.17, 15) is 9.90 Å². The van der Waals surface area contributed by atoms with Crippen LogP contribution in [0.2, 0.25) is 0 Å². The lowest BCUT2D eigenvalue weighted by Gasteiger charge is -2.03. The van der Waals surface area contributed by atoms with Crippen molar-refractivity contribution >= 4 is 12.0 Å². The van der Waals surface area contributed by atoms with Gasteiger partial charge in [-0.05, 0) is 32.1 Å². The van der Waals surface area contributed by atoms with Crippen molar-refractivity contribution in [1.82, 2.24) is 5.32 Å². The van der Waals surface area contributed by atoms with E-state index in [1.807, 2.05) is 13.0 Å². The molecule has 0 atom stereocenters. The van der Waals surface area contributed by atoms with E-state index < -0.39 is 0 Å². The molecule has 0 fully saturated rings. The van der Waals surface area contributed by atoms with E-state index in [1.54, 1.807) is 30.5 Å². The summed E-state index contributed by atoms with van der Waals surface area (Å²) in [6.07, 6.45) is 3.19. The van der Waals surface area contributed by atoms with Crippen LogP contribution < -0.4 is 5.32 Å². The van der Waals surface area contributed by atoms with E-state index >= 15 is 0 Å². The zero-order valence-electron chi connectivity index (χ0n) is 10.7. The van der Waals surface area contributed by atoms with Crippen molar-refractivity contribution in [3.05, 3.63) is 41.6 Å². The van der Waals surface area contributed by atoms with E-state index in [4.69, 9.17) is 0 Å². The highest BCUT2D eigenvalue weighted by atomic mass is 16.3. The number of benzene rings is 1. The fourth-order valence-corrected chi connectivity index (χ4v) is 1.43. The van der Waals surface area contributed by atoms with Gasteiger partial charge >= 0.3 is 0 Å². The number of phenols is 1. The molecule has 0 saturated heterocycles. The summed E-state index contributed by atoms with van der Waals surface area (Å²) in [5, 5.41) is 12.6. The summed E-state index contributed by atoms with van der Waals surface area (Å²) in [7, 11) is 0. The lowest BCUT2D eigenvalue weighted by Crippen LogP contribution is -2.16. The van der Waals surface area contributed by atoms with Crippen molar-refractivity contribution in [2.24, 2.45) is 4.99 Å². The second-order valence-corrected chi connectivity index (χ2v) is 3.96. The number of aliphatic imine (C=N–C) groups is 1. The molecule has 18 heavy (non-hydrogen) atoms. The van der Waals surface area contributed by atoms with E-state index in [1.165, 1.54) is 6.92 Å². The molecule has 2 N–H and O–H groups in total. The van der Waals surface area contributed by atoms with Gasteiger partial charge in [-0.3, -0.25) is 9.79 Å². The number of hydrogen-bond donors (Lipinski definition) is 2. The fraction of sp³-hybridized carbons (Fsp3) is 0.286. The van der Waals surface area contributed by atoms with E-state index in [-0.39, 0.29) is 11.5 Å². The number of allylic oxidation sites excluding steroid dienone is 2. The molecule has 0 radical (unpaired) electrons. The van der Waals surface area contributed by atoms with Gasteiger partial charge in [0.15, 0.2) is 5.78 Å². The van der Waals surface area contributed by atoms with Crippen LogP contribution in [0.4, 0.5) is 0 Å². The van der Waals surface area contributed by atoms with Crippen LogP contribution in [0.3, 0.4) is 0 Å². The Balaban J connectivity index is 2.35. The molecule has 0 spiro atoms. The number of aromatic hydroxyl groups is 1. The molecule has 0 aliphatic rings. The maximum atomic E-state index is 10.8. The molecule has 0 bridgehead atoms. The molecule has 1 aromatic rings. The maximum Gasteiger partial charge on any atom is 0.154 e. The predicted molar refractivity (Wildman–Crippen MR) is 73.0 cm³/mol. The minimum atomic E-state index is 0.0257. The Morgan fingerprint density at radius 2 is 2.11 bits per heavy atom. The van der Waals surface area contributed by atoms with Gasteiger partial charge < -0.3 is 10.4 Å². The lowest BCUT2D eigenvalue weighted by molar-refractivity contribution is -0.112. The second-order valence-electron chi connectivity index (χ2n) is 3.96. The molecule has 0 heterocycles. The average Bonchev–Trinajstić information content (AvgIpc) is 2.30. The molecule has 96 valence electrons. The SMILES string of the molecule is CC(=O)/C=C(/C)NCCN=Cc1ccccc1O. The third kappa shape index (κ3) is 5.30. The fourth-order valence-electron chi connectivity index (χ4n) is 1.43. The van der Waals surface area contributed by atoms with Gasteiger partial charge in [0.25, 0.3) is 0 Å². The first-order chi connectivity index (χ1) is 8.59. The highest BCUT2D eigenvalue weighted by Crippen LogP contribution is 2.12. The molecule has 4 nitrogen and oxygen atoms in total. The van der Waals surface area contributed by atoms with Crippen molar-refractivity contribution in [2.75, 3.05) is 13.1 Å². The van der Waals surface area contributed by atoms with E-state index in [0.717, 1.165) is 5.70 Å². The topological polar surface area (TPSA) is 61.7 Å². The number of nitrogens with one attached hydrogen (secondary N) is 1. The molecule has 0 aliphatic heterocycles. The quantitative estimate of drug-likeness (QED) is 0.458. The van der Waals surface area contributed by atoms with Gasteiger partial charge in [0.1, 0.15) is 5.75 Å². The Bertz CT molecular complexity index is 465. The zero-order chi connectivity index (χ0) is 13.4. The molecule has 0 aromatic heterocycles. The Morgan fingerprint density at radius 3 is 2.78 bits per heavy atom. The van der Waals surface area contributed by atoms with Crippen molar-refractivity contribution in [3.63, 3.8) is 0 Å². The lowest BCUT2D eigenvalue weighted by atomic mass is 10.2. The number of para-hydroxylation sites is 1. The summed E-state index contributed by atoms with van der Waals surface area (Å²) < 4.78 is 0. The molecule has 0 saturated carbocycles. The molecule has 1 aromatic carbocycles. The highest BCUT2D eigenvalue weighted by molar-refractivity contribution is 5.87. The summed E-state index contributed by atoms with van der Waals surface area (Å²) in [5.41, 5.74) is 1.54. The van der Waals surface area contributed by atoms with E-state index in [0.29, 0.717) is 18.7 Å². The monoisotopic (exact) mass is 246 g/mol. The highest BCUT2D eigenvalue weighted by Gasteiger charge is 1.94. The normalized spacial score (nSPS) is 11.8. The van der Waals surface area contributed by atoms with Crippen LogP contribution in [-0.4, -0.2) is 30.2 Å². The van der Waals surface area contributed by atoms with Crippen molar-refractivity contribution < 1.29 is 9.90 Å². The molecule has 1 rings (SSSR count). The van der Waals surface area contributed by atoms with Crippen LogP contribution in [0.1, 0.15) is 19.4 Å². The van der Waals surface area contributed by atoms with Gasteiger partial charge in [-0.1, -0.05) is 12.1 Å². The Labute approximate surface area is 107 Å². The van der Waals surface area contributed by atoms with Crippen LogP contribution >= 0.6 is 0 Å². The summed E-state index contributed by atoms with van der Waals surface area (Å²) >= 11 is 0. The number of carbonyl (C=O) groups is 1. The van der Waals surface area contributed by atoms with Crippen LogP contribution in [0, 0.1) is 0 Å². The largest absolute Gasteiger partial charge is 0.507 e. The molecule has 0 aliphatic carbocycles. The number of hydrogen-bond acceptors (Lipinski definition) is 4. The van der Waals surface area contributed by atoms with Crippen LogP contribution in [0.15, 0.2) is 41.0 Å². The maximum absolute atomic E-state index is 10.8. The summed E-state index contributed by atoms with van der Waals surface area (Å²) in [6, 6.07) is 7.04. The second kappa shape index (κ2) is 7.27. The number of phenolic OH excluding ortho intramolecular Hbond substituents is 1. The first kappa shape index (κ1) is 14.0. The standard InChI is InChI=1S/C14H18N2O2/c1-11(9-12(2)17)16-8-7-15-10-13-5-3-4-6-14(13)18/h3-6,9-10,16,18H,7-8H2,1-2H3/b11-9-,15-10?. The first-order valence-electron chi connectivity index (χ1n) is 5.80. The van der Waals surface area contributed by atoms with Gasteiger partial charge in [0, 0.05) is 24.0 Å². The van der Waals surface area contributed by atoms with E-state index in [2.05, 4.69) is 10.3 Å². The third-order valence-electron chi connectivity index (χ3n) is 2.23. The van der Waals surface area contributed by atoms with Crippen molar-refractivity contribution in [2.45, 2.75) is 13.8 Å². The van der Waals surface area contributed by atoms with Gasteiger partial charge in [0.05, 0.1) is 6.54 Å². The number of rotatable bonds is 6. The third-order valence-corrected chi connectivity index (χ3v) is 2.23. The van der Waals surface area contributed by atoms with Gasteiger partial charge in [0.2, 0.25) is 0 Å². The number of carbonyl (C=O) groups excluding carboxylic acids is 1. The summed E-state index contributed by atoms with van der Waals surface area (Å²) in [4.78, 5) is 15.0. The number of ketones is 1. The molecule has 0 amide bonds. The average molecular weight is 246 g/mol. The van der Waals surface area contributed by atoms with Crippen molar-refractivity contribution in [3.8, 4) is 5.75 Å². The van der Waals surface area contributed by atoms with Crippen molar-refractivity contribution in [1.29, 1.82) is 0 Å². The number of nitrogens with zero attached hydrogens (tertiary/aromatic N) is 1. The van der Waals surface area contributed by atoms with Gasteiger partial charge in [-0.2, -0.15) is 0 Å². The molecular weight excluding hydrogens is 228 g/mol. The van der Waals surface area contributed by atoms with Crippen LogP contribution in [0.25, 0.3) is 0 Å². The Kier molecular flexibility index (Phi) is 5.64. The zero-order valence-corrected chi connectivity index (χ0v) is 10.7. The summed E-state index contributed by atoms with van der Waals surface area (Å²) in [5.74, 6) is 0.250. The Morgan fingerprint density at radius 1 is 1.39 bits per heavy atom. The van der Waals surface area contributed by atoms with Crippen LogP contribution in [-0.2, 0) is 4.79 Å². The van der Waals surface area contributed by atoms with Gasteiger partial charge in [-0.15, -0.1) is 0 Å². The van der Waals surface area contributed by atoms with Gasteiger partial charge in [-0.25, -0.2) is 0 Å². The molecule has 4 heteroatoms.